The summed E-state index contributed by atoms with van der Waals surface area (Å²) in [5.41, 5.74) is 1.08. The van der Waals surface area contributed by atoms with Gasteiger partial charge < -0.3 is 9.73 Å². The fourth-order valence-corrected chi connectivity index (χ4v) is 4.24. The molecule has 2 heterocycles. The minimum atomic E-state index is -1.16. The Morgan fingerprint density at radius 2 is 1.71 bits per heavy atom. The number of nitrogens with one attached hydrogen (secondary N) is 1. The van der Waals surface area contributed by atoms with Crippen molar-refractivity contribution in [3.05, 3.63) is 93.8 Å². The molecule has 1 aliphatic heterocycles. The Kier molecular flexibility index (Phi) is 4.18. The number of carbonyl (C=O) groups is 2. The molecule has 6 nitrogen and oxygen atoms in total. The lowest BCUT2D eigenvalue weighted by molar-refractivity contribution is -0.131. The van der Waals surface area contributed by atoms with Crippen LogP contribution in [0.15, 0.2) is 75.9 Å². The summed E-state index contributed by atoms with van der Waals surface area (Å²) in [6.07, 6.45) is 0. The fourth-order valence-electron chi connectivity index (χ4n) is 4.24. The first-order chi connectivity index (χ1) is 14.9. The maximum absolute atomic E-state index is 13.4. The van der Waals surface area contributed by atoms with Crippen molar-refractivity contribution in [1.82, 2.24) is 10.2 Å². The fraction of sp³-hybridized carbons (Fsp3) is 0.160. The van der Waals surface area contributed by atoms with Crippen LogP contribution in [0.4, 0.5) is 4.79 Å². The highest BCUT2D eigenvalue weighted by atomic mass is 16.4. The summed E-state index contributed by atoms with van der Waals surface area (Å²) in [5.74, 6) is -0.358. The molecule has 3 amide bonds. The third kappa shape index (κ3) is 2.99. The SMILES string of the molecule is Cc1ccc([C@]2(C)NC(=O)N(Cc3cc(=O)oc4ccc5ccccc5c34)C2=O)cc1. The molecule has 6 heteroatoms. The van der Waals surface area contributed by atoms with Crippen molar-refractivity contribution >= 4 is 33.7 Å². The molecule has 3 aromatic carbocycles. The Bertz CT molecular complexity index is 1420. The van der Waals surface area contributed by atoms with E-state index in [1.807, 2.05) is 61.5 Å². The Hall–Kier alpha value is -3.93. The largest absolute Gasteiger partial charge is 0.423 e. The molecule has 0 spiro atoms. The van der Waals surface area contributed by atoms with Crippen molar-refractivity contribution in [2.45, 2.75) is 25.9 Å². The zero-order valence-corrected chi connectivity index (χ0v) is 17.1. The second-order valence-corrected chi connectivity index (χ2v) is 8.06. The lowest BCUT2D eigenvalue weighted by Gasteiger charge is -2.22. The Labute approximate surface area is 178 Å². The average Bonchev–Trinajstić information content (AvgIpc) is 2.97. The highest BCUT2D eigenvalue weighted by Crippen LogP contribution is 2.32. The molecule has 0 aliphatic carbocycles. The zero-order chi connectivity index (χ0) is 21.8. The van der Waals surface area contributed by atoms with Gasteiger partial charge in [-0.1, -0.05) is 60.2 Å². The minimum absolute atomic E-state index is 0.0256. The number of urea groups is 1. The summed E-state index contributed by atoms with van der Waals surface area (Å²) in [6, 6.07) is 19.7. The standard InChI is InChI=1S/C25H20N2O4/c1-15-7-10-18(11-8-15)25(2)23(29)27(24(30)26-25)14-17-13-21(28)31-20-12-9-16-5-3-4-6-19(16)22(17)20/h3-13H,14H2,1-2H3,(H,26,30)/t25-/m0/s1. The van der Waals surface area contributed by atoms with Crippen LogP contribution in [0.3, 0.4) is 0 Å². The van der Waals surface area contributed by atoms with Crippen molar-refractivity contribution in [2.75, 3.05) is 0 Å². The number of hydrogen-bond acceptors (Lipinski definition) is 4. The van der Waals surface area contributed by atoms with Gasteiger partial charge in [0.25, 0.3) is 5.91 Å². The maximum atomic E-state index is 13.4. The van der Waals surface area contributed by atoms with E-state index in [9.17, 15) is 14.4 Å². The summed E-state index contributed by atoms with van der Waals surface area (Å²) in [4.78, 5) is 39.5. The van der Waals surface area contributed by atoms with E-state index in [0.29, 0.717) is 16.7 Å². The van der Waals surface area contributed by atoms with Gasteiger partial charge in [-0.15, -0.1) is 0 Å². The Balaban J connectivity index is 1.61. The number of benzene rings is 3. The van der Waals surface area contributed by atoms with E-state index in [-0.39, 0.29) is 12.5 Å². The van der Waals surface area contributed by atoms with Crippen LogP contribution in [-0.4, -0.2) is 16.8 Å². The normalized spacial score (nSPS) is 18.7. The van der Waals surface area contributed by atoms with Crippen LogP contribution in [0.2, 0.25) is 0 Å². The van der Waals surface area contributed by atoms with E-state index in [4.69, 9.17) is 4.42 Å². The first-order valence-electron chi connectivity index (χ1n) is 10.0. The molecule has 1 fully saturated rings. The average molecular weight is 412 g/mol. The number of carbonyl (C=O) groups excluding carboxylic acids is 2. The molecule has 5 rings (SSSR count). The van der Waals surface area contributed by atoms with Crippen LogP contribution < -0.4 is 10.9 Å². The Morgan fingerprint density at radius 3 is 2.48 bits per heavy atom. The van der Waals surface area contributed by atoms with Crippen molar-refractivity contribution < 1.29 is 14.0 Å². The molecule has 1 saturated heterocycles. The van der Waals surface area contributed by atoms with E-state index < -0.39 is 17.2 Å². The third-order valence-electron chi connectivity index (χ3n) is 5.95. The second-order valence-electron chi connectivity index (χ2n) is 8.06. The molecule has 1 aliphatic rings. The quantitative estimate of drug-likeness (QED) is 0.310. The number of fused-ring (bicyclic) bond motifs is 3. The topological polar surface area (TPSA) is 79.6 Å². The van der Waals surface area contributed by atoms with Gasteiger partial charge in [0.2, 0.25) is 0 Å². The third-order valence-corrected chi connectivity index (χ3v) is 5.95. The van der Waals surface area contributed by atoms with Crippen LogP contribution >= 0.6 is 0 Å². The first-order valence-corrected chi connectivity index (χ1v) is 10.0. The van der Waals surface area contributed by atoms with Crippen LogP contribution in [0.1, 0.15) is 23.6 Å². The molecule has 0 saturated carbocycles. The molecule has 1 aromatic heterocycles. The molecule has 1 atom stereocenters. The molecular weight excluding hydrogens is 392 g/mol. The highest BCUT2D eigenvalue weighted by Gasteiger charge is 2.49. The van der Waals surface area contributed by atoms with Gasteiger partial charge in [0.1, 0.15) is 11.1 Å². The van der Waals surface area contributed by atoms with Gasteiger partial charge in [-0.2, -0.15) is 0 Å². The van der Waals surface area contributed by atoms with Crippen LogP contribution in [0, 0.1) is 6.92 Å². The van der Waals surface area contributed by atoms with Crippen molar-refractivity contribution in [1.29, 1.82) is 0 Å². The number of rotatable bonds is 3. The first kappa shape index (κ1) is 19.1. The molecule has 0 bridgehead atoms. The van der Waals surface area contributed by atoms with E-state index in [1.54, 1.807) is 13.0 Å². The van der Waals surface area contributed by atoms with Crippen molar-refractivity contribution in [3.8, 4) is 0 Å². The zero-order valence-electron chi connectivity index (χ0n) is 17.1. The number of aryl methyl sites for hydroxylation is 1. The Morgan fingerprint density at radius 1 is 0.968 bits per heavy atom. The van der Waals surface area contributed by atoms with Crippen molar-refractivity contribution in [3.63, 3.8) is 0 Å². The van der Waals surface area contributed by atoms with E-state index in [0.717, 1.165) is 26.6 Å². The van der Waals surface area contributed by atoms with Crippen LogP contribution in [0.5, 0.6) is 0 Å². The summed E-state index contributed by atoms with van der Waals surface area (Å²) in [5, 5.41) is 5.42. The molecule has 0 radical (unpaired) electrons. The van der Waals surface area contributed by atoms with Gasteiger partial charge in [0, 0.05) is 11.5 Å². The second kappa shape index (κ2) is 6.80. The highest BCUT2D eigenvalue weighted by molar-refractivity contribution is 6.09. The lowest BCUT2D eigenvalue weighted by atomic mass is 9.91. The molecule has 154 valence electrons. The molecule has 1 N–H and O–H groups in total. The summed E-state index contributed by atoms with van der Waals surface area (Å²) in [6.45, 7) is 3.64. The van der Waals surface area contributed by atoms with Gasteiger partial charge in [0.15, 0.2) is 0 Å². The minimum Gasteiger partial charge on any atom is -0.423 e. The number of amides is 3. The maximum Gasteiger partial charge on any atom is 0.336 e. The van der Waals surface area contributed by atoms with Gasteiger partial charge >= 0.3 is 11.7 Å². The lowest BCUT2D eigenvalue weighted by Crippen LogP contribution is -2.40. The summed E-state index contributed by atoms with van der Waals surface area (Å²) < 4.78 is 5.39. The van der Waals surface area contributed by atoms with Gasteiger partial charge in [-0.05, 0) is 41.8 Å². The van der Waals surface area contributed by atoms with E-state index in [2.05, 4.69) is 5.32 Å². The summed E-state index contributed by atoms with van der Waals surface area (Å²) >= 11 is 0. The molecule has 31 heavy (non-hydrogen) atoms. The number of hydrogen-bond donors (Lipinski definition) is 1. The van der Waals surface area contributed by atoms with Gasteiger partial charge in [0.05, 0.1) is 6.54 Å². The molecular formula is C25H20N2O4. The number of imide groups is 1. The van der Waals surface area contributed by atoms with E-state index in [1.165, 1.54) is 6.07 Å². The molecule has 0 unspecified atom stereocenters. The number of nitrogens with zero attached hydrogens (tertiary/aromatic N) is 1. The van der Waals surface area contributed by atoms with Crippen molar-refractivity contribution in [2.24, 2.45) is 0 Å². The molecule has 4 aromatic rings. The summed E-state index contributed by atoms with van der Waals surface area (Å²) in [7, 11) is 0. The van der Waals surface area contributed by atoms with E-state index >= 15 is 0 Å². The van der Waals surface area contributed by atoms with Crippen LogP contribution in [0.25, 0.3) is 21.7 Å². The predicted octanol–water partition coefficient (Wildman–Crippen LogP) is 4.22. The monoisotopic (exact) mass is 412 g/mol. The van der Waals surface area contributed by atoms with Crippen LogP contribution in [-0.2, 0) is 16.9 Å². The predicted molar refractivity (Wildman–Crippen MR) is 118 cm³/mol. The van der Waals surface area contributed by atoms with Gasteiger partial charge in [-0.3, -0.25) is 9.69 Å². The smallest absolute Gasteiger partial charge is 0.336 e. The van der Waals surface area contributed by atoms with Gasteiger partial charge in [-0.25, -0.2) is 9.59 Å².